The molecule has 0 heterocycles. The molecule has 4 nitrogen and oxygen atoms in total. The fourth-order valence-corrected chi connectivity index (χ4v) is 4.71. The van der Waals surface area contributed by atoms with Crippen molar-refractivity contribution in [3.8, 4) is 11.1 Å². The lowest BCUT2D eigenvalue weighted by Gasteiger charge is -2.14. The van der Waals surface area contributed by atoms with E-state index in [0.717, 1.165) is 5.56 Å². The number of ketones is 1. The Morgan fingerprint density at radius 3 is 2.08 bits per heavy atom. The summed E-state index contributed by atoms with van der Waals surface area (Å²) in [6.07, 6.45) is 4.08. The molecule has 0 aromatic heterocycles. The number of carbonyl (C=O) groups is 2. The summed E-state index contributed by atoms with van der Waals surface area (Å²) in [6.45, 7) is 0.743. The number of hydrogen-bond acceptors (Lipinski definition) is 3. The zero-order chi connectivity index (χ0) is 24.7. The van der Waals surface area contributed by atoms with E-state index in [9.17, 15) is 9.59 Å². The smallest absolute Gasteiger partial charge is 0.407 e. The van der Waals surface area contributed by atoms with Gasteiger partial charge in [-0.15, -0.1) is 0 Å². The van der Waals surface area contributed by atoms with Crippen molar-refractivity contribution in [2.45, 2.75) is 12.3 Å². The molecule has 0 atom stereocenters. The second kappa shape index (κ2) is 10.9. The lowest BCUT2D eigenvalue weighted by Crippen LogP contribution is -2.26. The van der Waals surface area contributed by atoms with Crippen LogP contribution in [0.2, 0.25) is 0 Å². The van der Waals surface area contributed by atoms with Gasteiger partial charge in [0, 0.05) is 23.6 Å². The summed E-state index contributed by atoms with van der Waals surface area (Å²) in [6, 6.07) is 33.4. The van der Waals surface area contributed by atoms with Gasteiger partial charge in [-0.1, -0.05) is 115 Å². The van der Waals surface area contributed by atoms with Crippen molar-refractivity contribution in [2.24, 2.45) is 0 Å². The molecule has 0 fully saturated rings. The third-order valence-electron chi connectivity index (χ3n) is 6.46. The van der Waals surface area contributed by atoms with Crippen LogP contribution in [0.5, 0.6) is 0 Å². The van der Waals surface area contributed by atoms with Crippen molar-refractivity contribution in [3.63, 3.8) is 0 Å². The minimum atomic E-state index is -0.426. The predicted octanol–water partition coefficient (Wildman–Crippen LogP) is 6.86. The highest BCUT2D eigenvalue weighted by Gasteiger charge is 2.28. The monoisotopic (exact) mass is 473 g/mol. The molecule has 0 spiro atoms. The summed E-state index contributed by atoms with van der Waals surface area (Å²) < 4.78 is 5.59. The summed E-state index contributed by atoms with van der Waals surface area (Å²) in [5.41, 5.74) is 6.97. The first kappa shape index (κ1) is 23.3. The third-order valence-corrected chi connectivity index (χ3v) is 6.46. The molecule has 0 aliphatic heterocycles. The normalized spacial score (nSPS) is 12.2. The average molecular weight is 474 g/mol. The van der Waals surface area contributed by atoms with Crippen LogP contribution in [0.15, 0.2) is 109 Å². The Morgan fingerprint density at radius 2 is 1.36 bits per heavy atom. The van der Waals surface area contributed by atoms with E-state index in [1.165, 1.54) is 22.3 Å². The maximum Gasteiger partial charge on any atom is 0.407 e. The molecule has 1 N–H and O–H groups in total. The van der Waals surface area contributed by atoms with Gasteiger partial charge in [-0.05, 0) is 34.2 Å². The molecule has 36 heavy (non-hydrogen) atoms. The van der Waals surface area contributed by atoms with Gasteiger partial charge in [0.15, 0.2) is 5.78 Å². The van der Waals surface area contributed by atoms with Crippen LogP contribution < -0.4 is 5.32 Å². The van der Waals surface area contributed by atoms with Gasteiger partial charge in [0.2, 0.25) is 0 Å². The number of benzene rings is 4. The zero-order valence-corrected chi connectivity index (χ0v) is 19.9. The Hall–Kier alpha value is -4.44. The first-order valence-electron chi connectivity index (χ1n) is 12.2. The second-order valence-corrected chi connectivity index (χ2v) is 8.73. The molecule has 178 valence electrons. The molecule has 4 aromatic rings. The van der Waals surface area contributed by atoms with Crippen molar-refractivity contribution in [1.82, 2.24) is 5.32 Å². The van der Waals surface area contributed by atoms with Gasteiger partial charge < -0.3 is 10.1 Å². The lowest BCUT2D eigenvalue weighted by atomic mass is 9.98. The van der Waals surface area contributed by atoms with Crippen LogP contribution in [-0.2, 0) is 4.74 Å². The molecule has 0 radical (unpaired) electrons. The van der Waals surface area contributed by atoms with Crippen LogP contribution in [-0.4, -0.2) is 25.0 Å². The number of fused-ring (bicyclic) bond motifs is 3. The van der Waals surface area contributed by atoms with Gasteiger partial charge in [0.05, 0.1) is 0 Å². The summed E-state index contributed by atoms with van der Waals surface area (Å²) in [5.74, 6) is 0.0364. The van der Waals surface area contributed by atoms with Crippen molar-refractivity contribution in [2.75, 3.05) is 13.2 Å². The molecule has 5 rings (SSSR count). The number of amides is 1. The second-order valence-electron chi connectivity index (χ2n) is 8.73. The van der Waals surface area contributed by atoms with Crippen molar-refractivity contribution in [3.05, 3.63) is 137 Å². The minimum Gasteiger partial charge on any atom is -0.449 e. The van der Waals surface area contributed by atoms with E-state index in [0.29, 0.717) is 30.7 Å². The molecule has 4 aromatic carbocycles. The summed E-state index contributed by atoms with van der Waals surface area (Å²) in [4.78, 5) is 25.2. The van der Waals surface area contributed by atoms with Crippen LogP contribution in [0.3, 0.4) is 0 Å². The average Bonchev–Trinajstić information content (AvgIpc) is 3.25. The molecular formula is C32H27NO3. The van der Waals surface area contributed by atoms with Gasteiger partial charge in [-0.3, -0.25) is 4.79 Å². The maximum atomic E-state index is 12.9. The van der Waals surface area contributed by atoms with E-state index in [4.69, 9.17) is 4.74 Å². The summed E-state index contributed by atoms with van der Waals surface area (Å²) in [7, 11) is 0. The first-order chi connectivity index (χ1) is 17.7. The van der Waals surface area contributed by atoms with Gasteiger partial charge in [0.25, 0.3) is 0 Å². The van der Waals surface area contributed by atoms with E-state index >= 15 is 0 Å². The Labute approximate surface area is 211 Å². The number of ether oxygens (including phenoxy) is 1. The van der Waals surface area contributed by atoms with Crippen molar-refractivity contribution < 1.29 is 14.3 Å². The quantitative estimate of drug-likeness (QED) is 0.225. The molecular weight excluding hydrogens is 446 g/mol. The molecule has 1 amide bonds. The predicted molar refractivity (Wildman–Crippen MR) is 143 cm³/mol. The lowest BCUT2D eigenvalue weighted by molar-refractivity contribution is 0.103. The highest BCUT2D eigenvalue weighted by atomic mass is 16.5. The van der Waals surface area contributed by atoms with Gasteiger partial charge in [0.1, 0.15) is 6.61 Å². The molecule has 0 unspecified atom stereocenters. The van der Waals surface area contributed by atoms with Crippen LogP contribution >= 0.6 is 0 Å². The number of hydrogen-bond donors (Lipinski definition) is 1. The van der Waals surface area contributed by atoms with E-state index in [2.05, 4.69) is 29.6 Å². The minimum absolute atomic E-state index is 0.00684. The zero-order valence-electron chi connectivity index (χ0n) is 19.9. The summed E-state index contributed by atoms with van der Waals surface area (Å²) >= 11 is 0. The van der Waals surface area contributed by atoms with E-state index in [1.807, 2.05) is 91.0 Å². The van der Waals surface area contributed by atoms with Gasteiger partial charge >= 0.3 is 6.09 Å². The Bertz CT molecular complexity index is 1360. The largest absolute Gasteiger partial charge is 0.449 e. The van der Waals surface area contributed by atoms with Crippen LogP contribution in [0.25, 0.3) is 17.2 Å². The number of alkyl carbamates (subject to hydrolysis) is 1. The molecule has 0 saturated heterocycles. The maximum absolute atomic E-state index is 12.9. The Morgan fingerprint density at radius 1 is 0.750 bits per heavy atom. The van der Waals surface area contributed by atoms with Crippen molar-refractivity contribution in [1.29, 1.82) is 0 Å². The SMILES string of the molecule is O=C(NCCC=Cc1ccccc1C(=O)c1ccccc1)OCC1c2ccccc2-c2ccccc21. The van der Waals surface area contributed by atoms with Gasteiger partial charge in [-0.25, -0.2) is 4.79 Å². The van der Waals surface area contributed by atoms with E-state index in [1.54, 1.807) is 0 Å². The highest BCUT2D eigenvalue weighted by molar-refractivity contribution is 6.11. The Balaban J connectivity index is 1.13. The Kier molecular flexibility index (Phi) is 7.04. The molecule has 1 aliphatic rings. The fourth-order valence-electron chi connectivity index (χ4n) is 4.71. The van der Waals surface area contributed by atoms with Crippen LogP contribution in [0.4, 0.5) is 4.79 Å². The summed E-state index contributed by atoms with van der Waals surface area (Å²) in [5, 5.41) is 2.82. The van der Waals surface area contributed by atoms with Crippen LogP contribution in [0, 0.1) is 0 Å². The molecule has 4 heteroatoms. The van der Waals surface area contributed by atoms with E-state index < -0.39 is 6.09 Å². The fraction of sp³-hybridized carbons (Fsp3) is 0.125. The molecule has 0 bridgehead atoms. The van der Waals surface area contributed by atoms with Crippen molar-refractivity contribution >= 4 is 18.0 Å². The highest BCUT2D eigenvalue weighted by Crippen LogP contribution is 2.44. The van der Waals surface area contributed by atoms with Crippen LogP contribution in [0.1, 0.15) is 45.0 Å². The standard InChI is InChI=1S/C32H27NO3/c34-31(24-14-2-1-3-15-24)25-16-5-4-12-23(25)13-10-11-21-33-32(35)36-22-30-28-19-8-6-17-26(28)27-18-7-9-20-29(27)30/h1-10,12-20,30H,11,21-22H2,(H,33,35). The first-order valence-corrected chi connectivity index (χ1v) is 12.2. The number of rotatable bonds is 8. The molecule has 0 saturated carbocycles. The number of carbonyl (C=O) groups excluding carboxylic acids is 2. The third kappa shape index (κ3) is 4.98. The topological polar surface area (TPSA) is 55.4 Å². The number of nitrogens with one attached hydrogen (secondary N) is 1. The van der Waals surface area contributed by atoms with Gasteiger partial charge in [-0.2, -0.15) is 0 Å². The van der Waals surface area contributed by atoms with E-state index in [-0.39, 0.29) is 11.7 Å². The molecule has 1 aliphatic carbocycles.